The monoisotopic (exact) mass is 248 g/mol. The Morgan fingerprint density at radius 3 is 2.94 bits per heavy atom. The highest BCUT2D eigenvalue weighted by molar-refractivity contribution is 5.74. The van der Waals surface area contributed by atoms with Gasteiger partial charge in [-0.15, -0.1) is 0 Å². The molecule has 2 atom stereocenters. The molecule has 0 spiro atoms. The van der Waals surface area contributed by atoms with Crippen LogP contribution in [0.1, 0.15) is 25.3 Å². The molecule has 96 valence electrons. The van der Waals surface area contributed by atoms with Crippen molar-refractivity contribution in [1.82, 2.24) is 0 Å². The molecule has 4 nitrogen and oxygen atoms in total. The Morgan fingerprint density at radius 2 is 2.22 bits per heavy atom. The van der Waals surface area contributed by atoms with Crippen molar-refractivity contribution >= 4 is 5.97 Å². The van der Waals surface area contributed by atoms with Crippen LogP contribution < -0.4 is 9.47 Å². The van der Waals surface area contributed by atoms with Gasteiger partial charge >= 0.3 is 5.97 Å². The van der Waals surface area contributed by atoms with Crippen LogP contribution in [0.25, 0.3) is 0 Å². The van der Waals surface area contributed by atoms with Crippen LogP contribution in [-0.4, -0.2) is 17.9 Å². The fourth-order valence-corrected chi connectivity index (χ4v) is 2.60. The van der Waals surface area contributed by atoms with Gasteiger partial charge in [0.05, 0.1) is 5.92 Å². The Labute approximate surface area is 106 Å². The van der Waals surface area contributed by atoms with Gasteiger partial charge in [0.25, 0.3) is 0 Å². The maximum atomic E-state index is 10.9. The second-order valence-corrected chi connectivity index (χ2v) is 5.44. The van der Waals surface area contributed by atoms with Crippen LogP contribution in [-0.2, 0) is 11.2 Å². The molecule has 2 unspecified atom stereocenters. The first-order chi connectivity index (χ1) is 8.58. The summed E-state index contributed by atoms with van der Waals surface area (Å²) in [6.07, 6.45) is 2.59. The summed E-state index contributed by atoms with van der Waals surface area (Å²) in [7, 11) is 0. The molecule has 0 amide bonds. The van der Waals surface area contributed by atoms with Gasteiger partial charge in [0, 0.05) is 0 Å². The molecule has 0 saturated heterocycles. The molecule has 4 heteroatoms. The highest BCUT2D eigenvalue weighted by Crippen LogP contribution is 2.55. The lowest BCUT2D eigenvalue weighted by atomic mass is 9.96. The van der Waals surface area contributed by atoms with Crippen molar-refractivity contribution in [3.63, 3.8) is 0 Å². The molecule has 1 aromatic carbocycles. The number of carbonyl (C=O) groups is 1. The van der Waals surface area contributed by atoms with Crippen molar-refractivity contribution in [1.29, 1.82) is 0 Å². The predicted octanol–water partition coefficient (Wildman–Crippen LogP) is 2.46. The number of fused-ring (bicyclic) bond motifs is 1. The number of aliphatic carboxylic acids is 1. The third-order valence-corrected chi connectivity index (χ3v) is 4.07. The third kappa shape index (κ3) is 1.92. The van der Waals surface area contributed by atoms with E-state index in [2.05, 4.69) is 6.92 Å². The summed E-state index contributed by atoms with van der Waals surface area (Å²) in [5.41, 5.74) is 1.15. The maximum Gasteiger partial charge on any atom is 0.307 e. The quantitative estimate of drug-likeness (QED) is 0.889. The molecule has 0 aromatic heterocycles. The van der Waals surface area contributed by atoms with Crippen LogP contribution in [0.4, 0.5) is 0 Å². The lowest BCUT2D eigenvalue weighted by molar-refractivity contribution is -0.139. The zero-order valence-corrected chi connectivity index (χ0v) is 10.3. The van der Waals surface area contributed by atoms with E-state index in [0.29, 0.717) is 0 Å². The molecule has 1 aliphatic heterocycles. The van der Waals surface area contributed by atoms with Gasteiger partial charge in [0.15, 0.2) is 11.5 Å². The fraction of sp³-hybridized carbons (Fsp3) is 0.500. The number of carboxylic acids is 1. The van der Waals surface area contributed by atoms with Crippen LogP contribution >= 0.6 is 0 Å². The Kier molecular flexibility index (Phi) is 2.47. The number of hydrogen-bond donors (Lipinski definition) is 1. The summed E-state index contributed by atoms with van der Waals surface area (Å²) < 4.78 is 10.6. The number of ether oxygens (including phenoxy) is 2. The van der Waals surface area contributed by atoms with Crippen LogP contribution in [0.5, 0.6) is 11.5 Å². The molecule has 3 rings (SSSR count). The summed E-state index contributed by atoms with van der Waals surface area (Å²) >= 11 is 0. The minimum atomic E-state index is -0.664. The van der Waals surface area contributed by atoms with Crippen molar-refractivity contribution in [3.05, 3.63) is 23.8 Å². The first-order valence-electron chi connectivity index (χ1n) is 6.20. The van der Waals surface area contributed by atoms with Crippen molar-refractivity contribution in [3.8, 4) is 11.5 Å². The molecular formula is C14H16O4. The summed E-state index contributed by atoms with van der Waals surface area (Å²) in [4.78, 5) is 10.9. The minimum Gasteiger partial charge on any atom is -0.481 e. The van der Waals surface area contributed by atoms with Crippen molar-refractivity contribution in [2.45, 2.75) is 26.2 Å². The standard InChI is InChI=1S/C14H16O4/c1-14(7-10(14)13(15)16)5-4-9-2-3-11-12(6-9)18-8-17-11/h2-3,6,10H,4-5,7-8H2,1H3,(H,15,16). The van der Waals surface area contributed by atoms with Gasteiger partial charge in [-0.1, -0.05) is 13.0 Å². The smallest absolute Gasteiger partial charge is 0.307 e. The molecule has 2 aliphatic rings. The normalized spacial score (nSPS) is 28.2. The Balaban J connectivity index is 1.63. The second kappa shape index (κ2) is 3.90. The Hall–Kier alpha value is -1.71. The van der Waals surface area contributed by atoms with Gasteiger partial charge < -0.3 is 14.6 Å². The van der Waals surface area contributed by atoms with E-state index in [4.69, 9.17) is 14.6 Å². The number of aryl methyl sites for hydroxylation is 1. The third-order valence-electron chi connectivity index (χ3n) is 4.07. The average molecular weight is 248 g/mol. The Morgan fingerprint density at radius 1 is 1.44 bits per heavy atom. The predicted molar refractivity (Wildman–Crippen MR) is 64.7 cm³/mol. The molecule has 1 fully saturated rings. The SMILES string of the molecule is CC1(CCc2ccc3c(c2)OCO3)CC1C(=O)O. The summed E-state index contributed by atoms with van der Waals surface area (Å²) in [5, 5.41) is 8.98. The highest BCUT2D eigenvalue weighted by Gasteiger charge is 2.54. The van der Waals surface area contributed by atoms with Gasteiger partial charge in [0.1, 0.15) is 0 Å². The molecule has 0 bridgehead atoms. The average Bonchev–Trinajstić information content (AvgIpc) is 2.83. The minimum absolute atomic E-state index is 0.0256. The van der Waals surface area contributed by atoms with Gasteiger partial charge in [-0.25, -0.2) is 0 Å². The first-order valence-corrected chi connectivity index (χ1v) is 6.20. The van der Waals surface area contributed by atoms with Crippen LogP contribution in [0.15, 0.2) is 18.2 Å². The van der Waals surface area contributed by atoms with Gasteiger partial charge in [-0.3, -0.25) is 4.79 Å². The Bertz CT molecular complexity index is 497. The van der Waals surface area contributed by atoms with E-state index in [1.807, 2.05) is 18.2 Å². The van der Waals surface area contributed by atoms with Gasteiger partial charge in [-0.05, 0) is 42.4 Å². The number of hydrogen-bond acceptors (Lipinski definition) is 3. The van der Waals surface area contributed by atoms with Crippen LogP contribution in [0.2, 0.25) is 0 Å². The molecule has 1 aliphatic carbocycles. The van der Waals surface area contributed by atoms with Crippen molar-refractivity contribution in [2.75, 3.05) is 6.79 Å². The second-order valence-electron chi connectivity index (χ2n) is 5.44. The van der Waals surface area contributed by atoms with Crippen LogP contribution in [0, 0.1) is 11.3 Å². The molecule has 18 heavy (non-hydrogen) atoms. The summed E-state index contributed by atoms with van der Waals surface area (Å²) in [6.45, 7) is 2.34. The lowest BCUT2D eigenvalue weighted by Gasteiger charge is -2.09. The molecule has 1 N–H and O–H groups in total. The van der Waals surface area contributed by atoms with Crippen LogP contribution in [0.3, 0.4) is 0 Å². The number of benzene rings is 1. The summed E-state index contributed by atoms with van der Waals surface area (Å²) in [6, 6.07) is 5.93. The zero-order chi connectivity index (χ0) is 12.8. The fourth-order valence-electron chi connectivity index (χ4n) is 2.60. The molecular weight excluding hydrogens is 232 g/mol. The largest absolute Gasteiger partial charge is 0.481 e. The maximum absolute atomic E-state index is 10.9. The molecule has 1 heterocycles. The van der Waals surface area contributed by atoms with E-state index in [1.54, 1.807) is 0 Å². The molecule has 1 aromatic rings. The van der Waals surface area contributed by atoms with E-state index in [0.717, 1.165) is 30.8 Å². The van der Waals surface area contributed by atoms with Crippen molar-refractivity contribution < 1.29 is 19.4 Å². The van der Waals surface area contributed by atoms with Gasteiger partial charge in [0.2, 0.25) is 6.79 Å². The number of carboxylic acid groups (broad SMARTS) is 1. The topological polar surface area (TPSA) is 55.8 Å². The number of rotatable bonds is 4. The van der Waals surface area contributed by atoms with E-state index >= 15 is 0 Å². The highest BCUT2D eigenvalue weighted by atomic mass is 16.7. The lowest BCUT2D eigenvalue weighted by Crippen LogP contribution is -2.08. The van der Waals surface area contributed by atoms with E-state index in [9.17, 15) is 4.79 Å². The van der Waals surface area contributed by atoms with E-state index in [1.165, 1.54) is 5.56 Å². The molecule has 1 saturated carbocycles. The zero-order valence-electron chi connectivity index (χ0n) is 10.3. The van der Waals surface area contributed by atoms with E-state index < -0.39 is 5.97 Å². The van der Waals surface area contributed by atoms with Gasteiger partial charge in [-0.2, -0.15) is 0 Å². The summed E-state index contributed by atoms with van der Waals surface area (Å²) in [5.74, 6) is 0.762. The molecule has 0 radical (unpaired) electrons. The first kappa shape index (κ1) is 11.4. The van der Waals surface area contributed by atoms with Crippen molar-refractivity contribution in [2.24, 2.45) is 11.3 Å². The van der Waals surface area contributed by atoms with E-state index in [-0.39, 0.29) is 18.1 Å².